The second-order valence-corrected chi connectivity index (χ2v) is 7.65. The molecule has 2 atom stereocenters. The van der Waals surface area contributed by atoms with Gasteiger partial charge in [0.1, 0.15) is 5.75 Å². The Morgan fingerprint density at radius 2 is 1.86 bits per heavy atom. The standard InChI is InChI=1S/C25H27NO3/c1-2-29-21-14-12-19(13-15-21)24(26-16-6-9-20(17-26)25(27)28)23-11-5-8-18-7-3-4-10-22(18)23/h3-5,7-8,10-15,20,24H,2,6,9,16-17H2,1H3,(H,27,28). The van der Waals surface area contributed by atoms with Crippen molar-refractivity contribution in [3.8, 4) is 5.75 Å². The third-order valence-electron chi connectivity index (χ3n) is 5.79. The molecule has 2 unspecified atom stereocenters. The molecule has 0 aliphatic carbocycles. The molecule has 0 amide bonds. The Balaban J connectivity index is 1.79. The molecule has 0 radical (unpaired) electrons. The minimum absolute atomic E-state index is 0.0129. The highest BCUT2D eigenvalue weighted by Crippen LogP contribution is 2.36. The van der Waals surface area contributed by atoms with Crippen LogP contribution in [0.15, 0.2) is 66.7 Å². The largest absolute Gasteiger partial charge is 0.494 e. The number of nitrogens with zero attached hydrogens (tertiary/aromatic N) is 1. The first-order chi connectivity index (χ1) is 14.2. The quantitative estimate of drug-likeness (QED) is 0.635. The fraction of sp³-hybridized carbons (Fsp3) is 0.320. The molecule has 0 bridgehead atoms. The van der Waals surface area contributed by atoms with Gasteiger partial charge in [-0.05, 0) is 60.3 Å². The molecule has 150 valence electrons. The highest BCUT2D eigenvalue weighted by molar-refractivity contribution is 5.86. The summed E-state index contributed by atoms with van der Waals surface area (Å²) in [5.41, 5.74) is 2.38. The molecule has 4 nitrogen and oxygen atoms in total. The molecular formula is C25H27NO3. The van der Waals surface area contributed by atoms with Gasteiger partial charge in [0.2, 0.25) is 0 Å². The number of likely N-dealkylation sites (tertiary alicyclic amines) is 1. The van der Waals surface area contributed by atoms with Gasteiger partial charge in [-0.3, -0.25) is 9.69 Å². The van der Waals surface area contributed by atoms with Gasteiger partial charge < -0.3 is 9.84 Å². The van der Waals surface area contributed by atoms with Crippen molar-refractivity contribution in [1.82, 2.24) is 4.90 Å². The van der Waals surface area contributed by atoms with E-state index in [9.17, 15) is 9.90 Å². The topological polar surface area (TPSA) is 49.8 Å². The number of aliphatic carboxylic acids is 1. The lowest BCUT2D eigenvalue weighted by Gasteiger charge is -2.38. The van der Waals surface area contributed by atoms with Gasteiger partial charge in [0.05, 0.1) is 18.6 Å². The average molecular weight is 389 g/mol. The van der Waals surface area contributed by atoms with Crippen LogP contribution >= 0.6 is 0 Å². The van der Waals surface area contributed by atoms with Crippen LogP contribution in [0.25, 0.3) is 10.8 Å². The number of carboxylic acids is 1. The first kappa shape index (κ1) is 19.5. The minimum atomic E-state index is -0.696. The van der Waals surface area contributed by atoms with Crippen LogP contribution in [-0.2, 0) is 4.79 Å². The maximum absolute atomic E-state index is 11.7. The van der Waals surface area contributed by atoms with Gasteiger partial charge in [-0.25, -0.2) is 0 Å². The summed E-state index contributed by atoms with van der Waals surface area (Å²) in [6.07, 6.45) is 1.65. The molecule has 0 aromatic heterocycles. The smallest absolute Gasteiger partial charge is 0.307 e. The Bertz CT molecular complexity index is 978. The number of carbonyl (C=O) groups is 1. The molecule has 1 N–H and O–H groups in total. The van der Waals surface area contributed by atoms with E-state index in [4.69, 9.17) is 4.74 Å². The second-order valence-electron chi connectivity index (χ2n) is 7.65. The molecule has 3 aromatic rings. The Morgan fingerprint density at radius 3 is 2.62 bits per heavy atom. The van der Waals surface area contributed by atoms with Gasteiger partial charge in [0.15, 0.2) is 0 Å². The third-order valence-corrected chi connectivity index (χ3v) is 5.79. The summed E-state index contributed by atoms with van der Waals surface area (Å²) in [6, 6.07) is 23.1. The summed E-state index contributed by atoms with van der Waals surface area (Å²) in [7, 11) is 0. The van der Waals surface area contributed by atoms with Crippen molar-refractivity contribution in [2.45, 2.75) is 25.8 Å². The Morgan fingerprint density at radius 1 is 1.10 bits per heavy atom. The van der Waals surface area contributed by atoms with Gasteiger partial charge in [-0.2, -0.15) is 0 Å². The normalized spacial score (nSPS) is 18.4. The maximum atomic E-state index is 11.7. The van der Waals surface area contributed by atoms with Gasteiger partial charge in [-0.15, -0.1) is 0 Å². The molecule has 4 rings (SSSR count). The average Bonchev–Trinajstić information content (AvgIpc) is 2.76. The van der Waals surface area contributed by atoms with Gasteiger partial charge >= 0.3 is 5.97 Å². The van der Waals surface area contributed by atoms with Crippen molar-refractivity contribution < 1.29 is 14.6 Å². The maximum Gasteiger partial charge on any atom is 0.307 e. The van der Waals surface area contributed by atoms with Crippen LogP contribution in [0.3, 0.4) is 0 Å². The third kappa shape index (κ3) is 4.13. The monoisotopic (exact) mass is 389 g/mol. The van der Waals surface area contributed by atoms with Gasteiger partial charge in [-0.1, -0.05) is 54.6 Å². The van der Waals surface area contributed by atoms with Crippen molar-refractivity contribution in [3.05, 3.63) is 77.9 Å². The number of rotatable bonds is 6. The van der Waals surface area contributed by atoms with Crippen LogP contribution in [-0.4, -0.2) is 35.7 Å². The number of hydrogen-bond acceptors (Lipinski definition) is 3. The zero-order chi connectivity index (χ0) is 20.2. The predicted molar refractivity (Wildman–Crippen MR) is 115 cm³/mol. The number of carboxylic acid groups (broad SMARTS) is 1. The summed E-state index contributed by atoms with van der Waals surface area (Å²) >= 11 is 0. The molecule has 29 heavy (non-hydrogen) atoms. The van der Waals surface area contributed by atoms with Crippen molar-refractivity contribution in [2.24, 2.45) is 5.92 Å². The number of benzene rings is 3. The molecule has 0 spiro atoms. The lowest BCUT2D eigenvalue weighted by atomic mass is 9.89. The van der Waals surface area contributed by atoms with Crippen molar-refractivity contribution in [1.29, 1.82) is 0 Å². The van der Waals surface area contributed by atoms with E-state index in [1.54, 1.807) is 0 Å². The SMILES string of the molecule is CCOc1ccc(C(c2cccc3ccccc23)N2CCCC(C(=O)O)C2)cc1. The van der Waals surface area contributed by atoms with E-state index in [1.165, 1.54) is 16.3 Å². The summed E-state index contributed by atoms with van der Waals surface area (Å²) in [4.78, 5) is 14.0. The zero-order valence-corrected chi connectivity index (χ0v) is 16.8. The summed E-state index contributed by atoms with van der Waals surface area (Å²) in [5, 5.41) is 12.0. The molecule has 0 saturated carbocycles. The number of hydrogen-bond donors (Lipinski definition) is 1. The highest BCUT2D eigenvalue weighted by atomic mass is 16.5. The predicted octanol–water partition coefficient (Wildman–Crippen LogP) is 5.12. The highest BCUT2D eigenvalue weighted by Gasteiger charge is 2.32. The van der Waals surface area contributed by atoms with Crippen molar-refractivity contribution in [3.63, 3.8) is 0 Å². The molecule has 1 aliphatic heterocycles. The number of fused-ring (bicyclic) bond motifs is 1. The molecule has 1 saturated heterocycles. The summed E-state index contributed by atoms with van der Waals surface area (Å²) in [5.74, 6) is -0.156. The van der Waals surface area contributed by atoms with E-state index in [-0.39, 0.29) is 12.0 Å². The molecular weight excluding hydrogens is 362 g/mol. The van der Waals surface area contributed by atoms with E-state index in [0.29, 0.717) is 13.2 Å². The van der Waals surface area contributed by atoms with Gasteiger partial charge in [0.25, 0.3) is 0 Å². The fourth-order valence-corrected chi connectivity index (χ4v) is 4.43. The van der Waals surface area contributed by atoms with Crippen LogP contribution in [0.1, 0.15) is 36.9 Å². The first-order valence-corrected chi connectivity index (χ1v) is 10.3. The van der Waals surface area contributed by atoms with Crippen LogP contribution in [0, 0.1) is 5.92 Å². The molecule has 4 heteroatoms. The van der Waals surface area contributed by atoms with E-state index < -0.39 is 5.97 Å². The van der Waals surface area contributed by atoms with Crippen molar-refractivity contribution in [2.75, 3.05) is 19.7 Å². The number of ether oxygens (including phenoxy) is 1. The number of piperidine rings is 1. The van der Waals surface area contributed by atoms with Crippen LogP contribution in [0.4, 0.5) is 0 Å². The minimum Gasteiger partial charge on any atom is -0.494 e. The van der Waals surface area contributed by atoms with Crippen LogP contribution < -0.4 is 4.74 Å². The molecule has 1 fully saturated rings. The van der Waals surface area contributed by atoms with Crippen molar-refractivity contribution >= 4 is 16.7 Å². The second kappa shape index (κ2) is 8.66. The van der Waals surface area contributed by atoms with E-state index in [1.807, 2.05) is 19.1 Å². The Kier molecular flexibility index (Phi) is 5.81. The summed E-state index contributed by atoms with van der Waals surface area (Å²) in [6.45, 7) is 4.08. The Labute approximate surface area is 171 Å². The van der Waals surface area contributed by atoms with Gasteiger partial charge in [0, 0.05) is 6.54 Å². The molecule has 1 aliphatic rings. The zero-order valence-electron chi connectivity index (χ0n) is 16.8. The van der Waals surface area contributed by atoms with Crippen LogP contribution in [0.2, 0.25) is 0 Å². The Hall–Kier alpha value is -2.85. The van der Waals surface area contributed by atoms with E-state index in [0.717, 1.165) is 30.7 Å². The molecule has 1 heterocycles. The lowest BCUT2D eigenvalue weighted by Crippen LogP contribution is -2.41. The summed E-state index contributed by atoms with van der Waals surface area (Å²) < 4.78 is 5.62. The van der Waals surface area contributed by atoms with E-state index in [2.05, 4.69) is 59.5 Å². The lowest BCUT2D eigenvalue weighted by molar-refractivity contribution is -0.143. The van der Waals surface area contributed by atoms with Crippen LogP contribution in [0.5, 0.6) is 5.75 Å². The first-order valence-electron chi connectivity index (χ1n) is 10.3. The molecule has 3 aromatic carbocycles. The van der Waals surface area contributed by atoms with E-state index >= 15 is 0 Å². The fourth-order valence-electron chi connectivity index (χ4n) is 4.43.